The normalized spacial score (nSPS) is 19.7. The van der Waals surface area contributed by atoms with E-state index < -0.39 is 0 Å². The van der Waals surface area contributed by atoms with Crippen molar-refractivity contribution in [3.8, 4) is 0 Å². The van der Waals surface area contributed by atoms with E-state index in [1.807, 2.05) is 24.3 Å². The minimum Gasteiger partial charge on any atom is -0.302 e. The molecule has 4 heteroatoms. The number of ketones is 2. The molecular weight excluding hydrogens is 330 g/mol. The molecule has 1 aliphatic heterocycles. The summed E-state index contributed by atoms with van der Waals surface area (Å²) in [6.45, 7) is 4.69. The molecule has 1 aliphatic rings. The highest BCUT2D eigenvalue weighted by Crippen LogP contribution is 2.17. The molecule has 1 unspecified atom stereocenters. The maximum Gasteiger partial charge on any atom is 0.162 e. The zero-order chi connectivity index (χ0) is 15.2. The van der Waals surface area contributed by atoms with Crippen molar-refractivity contribution in [1.29, 1.82) is 0 Å². The lowest BCUT2D eigenvalue weighted by molar-refractivity contribution is -0.126. The van der Waals surface area contributed by atoms with Crippen LogP contribution in [0.25, 0.3) is 0 Å². The van der Waals surface area contributed by atoms with Gasteiger partial charge < -0.3 is 4.90 Å². The van der Waals surface area contributed by atoms with E-state index in [-0.39, 0.29) is 11.7 Å². The molecule has 0 bridgehead atoms. The molecule has 1 aromatic carbocycles. The first-order chi connectivity index (χ1) is 10.1. The average molecular weight is 352 g/mol. The molecule has 0 aliphatic carbocycles. The van der Waals surface area contributed by atoms with Crippen LogP contribution in [0.2, 0.25) is 0 Å². The Morgan fingerprint density at radius 3 is 2.71 bits per heavy atom. The number of hydrogen-bond donors (Lipinski definition) is 0. The van der Waals surface area contributed by atoms with E-state index in [0.717, 1.165) is 42.5 Å². The molecule has 1 saturated heterocycles. The second-order valence-corrected chi connectivity index (χ2v) is 6.57. The van der Waals surface area contributed by atoms with E-state index in [2.05, 4.69) is 27.8 Å². The first kappa shape index (κ1) is 16.4. The summed E-state index contributed by atoms with van der Waals surface area (Å²) >= 11 is 3.37. The van der Waals surface area contributed by atoms with Gasteiger partial charge in [-0.2, -0.15) is 0 Å². The molecule has 3 nitrogen and oxygen atoms in total. The van der Waals surface area contributed by atoms with Crippen LogP contribution in [0.4, 0.5) is 0 Å². The Hall–Kier alpha value is -1.00. The minimum absolute atomic E-state index is 0.195. The van der Waals surface area contributed by atoms with Crippen LogP contribution >= 0.6 is 15.9 Å². The summed E-state index contributed by atoms with van der Waals surface area (Å²) < 4.78 is 0.989. The quantitative estimate of drug-likeness (QED) is 0.733. The number of nitrogens with zero attached hydrogens (tertiary/aromatic N) is 1. The predicted octanol–water partition coefficient (Wildman–Crippen LogP) is 3.71. The van der Waals surface area contributed by atoms with Crippen LogP contribution in [0.15, 0.2) is 28.7 Å². The summed E-state index contributed by atoms with van der Waals surface area (Å²) in [5.41, 5.74) is 0.776. The van der Waals surface area contributed by atoms with Gasteiger partial charge in [-0.05, 0) is 31.5 Å². The lowest BCUT2D eigenvalue weighted by Crippen LogP contribution is -2.41. The van der Waals surface area contributed by atoms with Gasteiger partial charge in [0.05, 0.1) is 0 Å². The standard InChI is InChI=1S/C17H22BrNO2/c1-2-13-12-19(11-9-17(13)21)10-3-4-16(20)14-5-7-15(18)8-6-14/h5-8,13H,2-4,9-12H2,1H3. The molecule has 1 aromatic rings. The largest absolute Gasteiger partial charge is 0.302 e. The highest BCUT2D eigenvalue weighted by atomic mass is 79.9. The predicted molar refractivity (Wildman–Crippen MR) is 87.6 cm³/mol. The fourth-order valence-corrected chi connectivity index (χ4v) is 3.04. The van der Waals surface area contributed by atoms with Crippen molar-refractivity contribution in [3.05, 3.63) is 34.3 Å². The molecule has 2 rings (SSSR count). The van der Waals surface area contributed by atoms with Crippen molar-refractivity contribution in [2.75, 3.05) is 19.6 Å². The maximum atomic E-state index is 12.1. The third kappa shape index (κ3) is 4.75. The van der Waals surface area contributed by atoms with Gasteiger partial charge in [0.25, 0.3) is 0 Å². The van der Waals surface area contributed by atoms with Crippen molar-refractivity contribution in [2.24, 2.45) is 5.92 Å². The molecule has 0 saturated carbocycles. The Morgan fingerprint density at radius 2 is 2.05 bits per heavy atom. The number of halogens is 1. The zero-order valence-corrected chi connectivity index (χ0v) is 14.1. The summed E-state index contributed by atoms with van der Waals surface area (Å²) in [5, 5.41) is 0. The number of hydrogen-bond acceptors (Lipinski definition) is 3. The Morgan fingerprint density at radius 1 is 1.33 bits per heavy atom. The van der Waals surface area contributed by atoms with Gasteiger partial charge >= 0.3 is 0 Å². The van der Waals surface area contributed by atoms with Gasteiger partial charge in [-0.15, -0.1) is 0 Å². The Labute approximate surface area is 134 Å². The van der Waals surface area contributed by atoms with E-state index >= 15 is 0 Å². The Bertz CT molecular complexity index is 498. The third-order valence-corrected chi connectivity index (χ3v) is 4.67. The summed E-state index contributed by atoms with van der Waals surface area (Å²) in [7, 11) is 0. The van der Waals surface area contributed by atoms with Crippen LogP contribution in [0.3, 0.4) is 0 Å². The topological polar surface area (TPSA) is 37.4 Å². The lowest BCUT2D eigenvalue weighted by Gasteiger charge is -2.31. The van der Waals surface area contributed by atoms with E-state index in [1.165, 1.54) is 0 Å². The maximum absolute atomic E-state index is 12.1. The Balaban J connectivity index is 1.75. The molecule has 1 atom stereocenters. The number of piperidine rings is 1. The molecule has 1 fully saturated rings. The van der Waals surface area contributed by atoms with Gasteiger partial charge in [0.15, 0.2) is 5.78 Å². The summed E-state index contributed by atoms with van der Waals surface area (Å²) in [5.74, 6) is 0.795. The molecule has 21 heavy (non-hydrogen) atoms. The molecule has 0 spiro atoms. The summed E-state index contributed by atoms with van der Waals surface area (Å²) in [6.07, 6.45) is 3.02. The van der Waals surface area contributed by atoms with Crippen LogP contribution in [-0.4, -0.2) is 36.1 Å². The zero-order valence-electron chi connectivity index (χ0n) is 12.5. The van der Waals surface area contributed by atoms with Crippen molar-refractivity contribution >= 4 is 27.5 Å². The van der Waals surface area contributed by atoms with E-state index in [4.69, 9.17) is 0 Å². The molecule has 0 N–H and O–H groups in total. The molecule has 0 amide bonds. The smallest absolute Gasteiger partial charge is 0.162 e. The van der Waals surface area contributed by atoms with Crippen molar-refractivity contribution < 1.29 is 9.59 Å². The van der Waals surface area contributed by atoms with E-state index in [1.54, 1.807) is 0 Å². The number of Topliss-reactive ketones (excluding diaryl/α,β-unsaturated/α-hetero) is 2. The fraction of sp³-hybridized carbons (Fsp3) is 0.529. The van der Waals surface area contributed by atoms with Crippen LogP contribution in [0, 0.1) is 5.92 Å². The first-order valence-electron chi connectivity index (χ1n) is 7.64. The van der Waals surface area contributed by atoms with Crippen LogP contribution in [0.1, 0.15) is 43.0 Å². The van der Waals surface area contributed by atoms with Gasteiger partial charge in [-0.3, -0.25) is 9.59 Å². The monoisotopic (exact) mass is 351 g/mol. The minimum atomic E-state index is 0.195. The summed E-state index contributed by atoms with van der Waals surface area (Å²) in [6, 6.07) is 7.52. The van der Waals surface area contributed by atoms with Crippen molar-refractivity contribution in [1.82, 2.24) is 4.90 Å². The van der Waals surface area contributed by atoms with Gasteiger partial charge in [0, 0.05) is 41.9 Å². The van der Waals surface area contributed by atoms with Gasteiger partial charge in [0.2, 0.25) is 0 Å². The second kappa shape index (κ2) is 7.85. The lowest BCUT2D eigenvalue weighted by atomic mass is 9.94. The van der Waals surface area contributed by atoms with Crippen LogP contribution < -0.4 is 0 Å². The van der Waals surface area contributed by atoms with E-state index in [9.17, 15) is 9.59 Å². The number of benzene rings is 1. The molecular formula is C17H22BrNO2. The van der Waals surface area contributed by atoms with Gasteiger partial charge in [0.1, 0.15) is 5.78 Å². The summed E-state index contributed by atoms with van der Waals surface area (Å²) in [4.78, 5) is 26.1. The van der Waals surface area contributed by atoms with Crippen molar-refractivity contribution in [2.45, 2.75) is 32.6 Å². The van der Waals surface area contributed by atoms with Crippen LogP contribution in [0.5, 0.6) is 0 Å². The SMILES string of the molecule is CCC1CN(CCCC(=O)c2ccc(Br)cc2)CCC1=O. The molecule has 0 radical (unpaired) electrons. The van der Waals surface area contributed by atoms with Gasteiger partial charge in [-0.25, -0.2) is 0 Å². The molecule has 0 aromatic heterocycles. The van der Waals surface area contributed by atoms with E-state index in [0.29, 0.717) is 18.6 Å². The number of rotatable bonds is 6. The van der Waals surface area contributed by atoms with Crippen LogP contribution in [-0.2, 0) is 4.79 Å². The number of carbonyl (C=O) groups is 2. The number of carbonyl (C=O) groups excluding carboxylic acids is 2. The fourth-order valence-electron chi connectivity index (χ4n) is 2.78. The Kier molecular flexibility index (Phi) is 6.12. The highest BCUT2D eigenvalue weighted by molar-refractivity contribution is 9.10. The van der Waals surface area contributed by atoms with Crippen molar-refractivity contribution in [3.63, 3.8) is 0 Å². The third-order valence-electron chi connectivity index (χ3n) is 4.15. The highest BCUT2D eigenvalue weighted by Gasteiger charge is 2.25. The molecule has 114 valence electrons. The first-order valence-corrected chi connectivity index (χ1v) is 8.43. The second-order valence-electron chi connectivity index (χ2n) is 5.66. The molecule has 1 heterocycles. The average Bonchev–Trinajstić information content (AvgIpc) is 2.49. The van der Waals surface area contributed by atoms with Gasteiger partial charge in [-0.1, -0.05) is 35.0 Å². The number of likely N-dealkylation sites (tertiary alicyclic amines) is 1.